The highest BCUT2D eigenvalue weighted by Crippen LogP contribution is 2.43. The number of phosphoric ester groups is 1. The Balaban J connectivity index is 4.06. The van der Waals surface area contributed by atoms with E-state index in [1.54, 1.807) is 0 Å². The third kappa shape index (κ3) is 57.8. The lowest BCUT2D eigenvalue weighted by Crippen LogP contribution is -2.37. The van der Waals surface area contributed by atoms with Gasteiger partial charge in [0.25, 0.3) is 0 Å². The molecule has 1 N–H and O–H groups in total. The molecule has 0 aliphatic heterocycles. The molecule has 0 bridgehead atoms. The molecular weight excluding hydrogens is 918 g/mol. The Bertz CT molecular complexity index is 1270. The summed E-state index contributed by atoms with van der Waals surface area (Å²) in [6, 6.07) is 0. The number of nitrogens with zero attached hydrogens (tertiary/aromatic N) is 1. The number of phosphoric acid groups is 1. The second kappa shape index (κ2) is 54.3. The molecule has 2 unspecified atom stereocenters. The summed E-state index contributed by atoms with van der Waals surface area (Å²) in [5.74, 6) is -0.777. The minimum Gasteiger partial charge on any atom is -0.462 e. The summed E-state index contributed by atoms with van der Waals surface area (Å²) >= 11 is 0. The summed E-state index contributed by atoms with van der Waals surface area (Å²) in [5.41, 5.74) is 0. The Morgan fingerprint density at radius 3 is 1.10 bits per heavy atom. The van der Waals surface area contributed by atoms with Crippen LogP contribution in [0.25, 0.3) is 0 Å². The van der Waals surface area contributed by atoms with Gasteiger partial charge in [-0.3, -0.25) is 18.6 Å². The van der Waals surface area contributed by atoms with Gasteiger partial charge < -0.3 is 18.9 Å². The lowest BCUT2D eigenvalue weighted by molar-refractivity contribution is -0.870. The molecule has 0 radical (unpaired) electrons. The van der Waals surface area contributed by atoms with Gasteiger partial charge in [-0.1, -0.05) is 276 Å². The highest BCUT2D eigenvalue weighted by molar-refractivity contribution is 7.47. The molecule has 0 aliphatic rings. The van der Waals surface area contributed by atoms with Crippen LogP contribution in [0.4, 0.5) is 0 Å². The van der Waals surface area contributed by atoms with E-state index in [2.05, 4.69) is 38.2 Å². The van der Waals surface area contributed by atoms with Gasteiger partial charge in [0.1, 0.15) is 19.8 Å². The summed E-state index contributed by atoms with van der Waals surface area (Å²) in [7, 11) is 1.50. The Labute approximate surface area is 447 Å². The lowest BCUT2D eigenvalue weighted by atomic mass is 10.0. The Morgan fingerprint density at radius 1 is 0.431 bits per heavy atom. The Kier molecular flexibility index (Phi) is 53.1. The highest BCUT2D eigenvalue weighted by Gasteiger charge is 2.27. The van der Waals surface area contributed by atoms with Crippen LogP contribution in [0, 0.1) is 0 Å². The molecule has 0 amide bonds. The number of ether oxygens (including phenoxy) is 2. The number of rotatable bonds is 58. The molecule has 0 aromatic rings. The molecule has 0 aromatic carbocycles. The Morgan fingerprint density at radius 2 is 0.750 bits per heavy atom. The van der Waals surface area contributed by atoms with E-state index in [4.69, 9.17) is 18.5 Å². The van der Waals surface area contributed by atoms with Crippen LogP contribution in [0.15, 0.2) is 24.3 Å². The smallest absolute Gasteiger partial charge is 0.462 e. The maximum absolute atomic E-state index is 12.8. The molecule has 0 fully saturated rings. The van der Waals surface area contributed by atoms with Crippen molar-refractivity contribution in [2.45, 2.75) is 315 Å². The molecule has 0 saturated carbocycles. The molecule has 426 valence electrons. The van der Waals surface area contributed by atoms with Crippen molar-refractivity contribution < 1.29 is 42.1 Å². The van der Waals surface area contributed by atoms with E-state index in [-0.39, 0.29) is 25.6 Å². The van der Waals surface area contributed by atoms with Gasteiger partial charge in [-0.2, -0.15) is 0 Å². The third-order valence-electron chi connectivity index (χ3n) is 14.0. The van der Waals surface area contributed by atoms with Gasteiger partial charge in [0.15, 0.2) is 6.10 Å². The topological polar surface area (TPSA) is 108 Å². The van der Waals surface area contributed by atoms with Gasteiger partial charge in [0.2, 0.25) is 0 Å². The number of hydrogen-bond acceptors (Lipinski definition) is 7. The number of quaternary nitrogens is 1. The van der Waals surface area contributed by atoms with E-state index in [0.29, 0.717) is 23.9 Å². The second-order valence-electron chi connectivity index (χ2n) is 22.5. The van der Waals surface area contributed by atoms with Gasteiger partial charge in [0, 0.05) is 12.8 Å². The van der Waals surface area contributed by atoms with E-state index in [1.807, 2.05) is 21.1 Å². The summed E-state index contributed by atoms with van der Waals surface area (Å²) < 4.78 is 34.6. The first-order chi connectivity index (χ1) is 35.0. The van der Waals surface area contributed by atoms with Gasteiger partial charge >= 0.3 is 19.8 Å². The third-order valence-corrected chi connectivity index (χ3v) is 15.0. The van der Waals surface area contributed by atoms with E-state index in [9.17, 15) is 19.0 Å². The predicted molar refractivity (Wildman–Crippen MR) is 307 cm³/mol. The number of hydrogen-bond donors (Lipinski definition) is 1. The van der Waals surface area contributed by atoms with E-state index >= 15 is 0 Å². The fraction of sp³-hybridized carbons (Fsp3) is 0.903. The first kappa shape index (κ1) is 70.5. The number of carbonyl (C=O) groups is 2. The zero-order valence-corrected chi connectivity index (χ0v) is 49.3. The molecule has 9 nitrogen and oxygen atoms in total. The molecule has 0 rings (SSSR count). The number of carbonyl (C=O) groups excluding carboxylic acids is 2. The van der Waals surface area contributed by atoms with E-state index < -0.39 is 26.5 Å². The number of unbranched alkanes of at least 4 members (excludes halogenated alkanes) is 40. The summed E-state index contributed by atoms with van der Waals surface area (Å²) in [5, 5.41) is 0. The molecule has 72 heavy (non-hydrogen) atoms. The van der Waals surface area contributed by atoms with Gasteiger partial charge in [0.05, 0.1) is 27.7 Å². The zero-order chi connectivity index (χ0) is 52.7. The van der Waals surface area contributed by atoms with Crippen molar-refractivity contribution in [2.24, 2.45) is 0 Å². The molecular formula is C62H121NO8P+. The maximum Gasteiger partial charge on any atom is 0.472 e. The van der Waals surface area contributed by atoms with Gasteiger partial charge in [-0.25, -0.2) is 4.57 Å². The fourth-order valence-electron chi connectivity index (χ4n) is 9.17. The van der Waals surface area contributed by atoms with Crippen LogP contribution in [0.3, 0.4) is 0 Å². The number of allylic oxidation sites excluding steroid dienone is 4. The van der Waals surface area contributed by atoms with Crippen molar-refractivity contribution in [3.63, 3.8) is 0 Å². The monoisotopic (exact) mass is 1040 g/mol. The summed E-state index contributed by atoms with van der Waals surface area (Å²) in [6.07, 6.45) is 65.4. The molecule has 0 spiro atoms. The van der Waals surface area contributed by atoms with Crippen LogP contribution >= 0.6 is 7.82 Å². The fourth-order valence-corrected chi connectivity index (χ4v) is 9.91. The van der Waals surface area contributed by atoms with E-state index in [1.165, 1.54) is 238 Å². The second-order valence-corrected chi connectivity index (χ2v) is 23.9. The first-order valence-electron chi connectivity index (χ1n) is 31.1. The average Bonchev–Trinajstić information content (AvgIpc) is 3.34. The van der Waals surface area contributed by atoms with Crippen molar-refractivity contribution in [2.75, 3.05) is 47.5 Å². The van der Waals surface area contributed by atoms with Crippen LogP contribution in [-0.4, -0.2) is 74.9 Å². The minimum absolute atomic E-state index is 0.0353. The quantitative estimate of drug-likeness (QED) is 0.0211. The predicted octanol–water partition coefficient (Wildman–Crippen LogP) is 19.4. The summed E-state index contributed by atoms with van der Waals surface area (Å²) in [4.78, 5) is 35.7. The van der Waals surface area contributed by atoms with Crippen molar-refractivity contribution in [1.82, 2.24) is 0 Å². The first-order valence-corrected chi connectivity index (χ1v) is 32.6. The molecule has 0 aliphatic carbocycles. The van der Waals surface area contributed by atoms with Crippen LogP contribution in [0.2, 0.25) is 0 Å². The molecule has 0 aromatic heterocycles. The zero-order valence-electron chi connectivity index (χ0n) is 48.4. The molecule has 0 heterocycles. The van der Waals surface area contributed by atoms with Crippen molar-refractivity contribution in [3.05, 3.63) is 24.3 Å². The maximum atomic E-state index is 12.8. The number of likely N-dealkylation sites (N-methyl/N-ethyl adjacent to an activating group) is 1. The van der Waals surface area contributed by atoms with Crippen molar-refractivity contribution >= 4 is 19.8 Å². The minimum atomic E-state index is -4.38. The normalized spacial score (nSPS) is 13.4. The largest absolute Gasteiger partial charge is 0.472 e. The van der Waals surface area contributed by atoms with Crippen LogP contribution in [0.5, 0.6) is 0 Å². The molecule has 0 saturated heterocycles. The van der Waals surface area contributed by atoms with Crippen molar-refractivity contribution in [1.29, 1.82) is 0 Å². The SMILES string of the molecule is CCCCCCC/C=C\C/C=C\CCCCCCCCCCCCCCCCCCCC(=O)OC(COC(=O)CCCCCCCCCCCCCCCCCCCCC)COP(=O)(O)OCC[N+](C)(C)C. The summed E-state index contributed by atoms with van der Waals surface area (Å²) in [6.45, 7) is 4.48. The Hall–Kier alpha value is -1.51. The van der Waals surface area contributed by atoms with Crippen molar-refractivity contribution in [3.8, 4) is 0 Å². The van der Waals surface area contributed by atoms with Gasteiger partial charge in [-0.15, -0.1) is 0 Å². The number of esters is 2. The van der Waals surface area contributed by atoms with Crippen LogP contribution in [-0.2, 0) is 32.7 Å². The van der Waals surface area contributed by atoms with Crippen LogP contribution in [0.1, 0.15) is 309 Å². The average molecular weight is 1040 g/mol. The van der Waals surface area contributed by atoms with E-state index in [0.717, 1.165) is 38.5 Å². The van der Waals surface area contributed by atoms with Crippen LogP contribution < -0.4 is 0 Å². The molecule has 2 atom stereocenters. The standard InChI is InChI=1S/C62H120NO8P/c1-6-8-10-12-14-16-18-20-22-24-26-27-28-29-30-31-32-33-34-35-37-39-41-43-45-47-49-51-53-55-62(65)71-60(59-70-72(66,67)69-57-56-63(3,4)5)58-68-61(64)54-52-50-48-46-44-42-40-38-36-25-23-21-19-17-15-13-11-9-7-2/h18,20,24,26,60H,6-17,19,21-23,25,27-59H2,1-5H3/p+1/b20-18-,26-24-. The lowest BCUT2D eigenvalue weighted by Gasteiger charge is -2.24. The highest BCUT2D eigenvalue weighted by atomic mass is 31.2. The molecule has 10 heteroatoms. The van der Waals surface area contributed by atoms with Gasteiger partial charge in [-0.05, 0) is 44.9 Å².